The van der Waals surface area contributed by atoms with Crippen molar-refractivity contribution >= 4 is 41.2 Å². The molecule has 0 aliphatic carbocycles. The molecule has 162 valence electrons. The minimum Gasteiger partial charge on any atom is -0.489 e. The highest BCUT2D eigenvalue weighted by atomic mass is 35.5. The molecule has 1 aliphatic rings. The monoisotopic (exact) mass is 466 g/mol. The van der Waals surface area contributed by atoms with Gasteiger partial charge in [-0.05, 0) is 54.0 Å². The molecule has 0 bridgehead atoms. The Kier molecular flexibility index (Phi) is 6.49. The molecule has 32 heavy (non-hydrogen) atoms. The van der Waals surface area contributed by atoms with Gasteiger partial charge in [0, 0.05) is 0 Å². The molecule has 1 fully saturated rings. The number of urea groups is 1. The van der Waals surface area contributed by atoms with E-state index >= 15 is 0 Å². The van der Waals surface area contributed by atoms with E-state index in [2.05, 4.69) is 5.32 Å². The van der Waals surface area contributed by atoms with Crippen LogP contribution in [0, 0.1) is 6.92 Å². The van der Waals surface area contributed by atoms with Gasteiger partial charge in [0.2, 0.25) is 0 Å². The number of hydrogen-bond donors (Lipinski definition) is 1. The second-order valence-electron chi connectivity index (χ2n) is 7.47. The first-order valence-corrected chi connectivity index (χ1v) is 10.7. The lowest BCUT2D eigenvalue weighted by Crippen LogP contribution is -2.30. The molecule has 0 spiro atoms. The Hall–Kier alpha value is -3.28. The molecule has 1 N–H and O–H groups in total. The first kappa shape index (κ1) is 21.9. The Labute approximate surface area is 196 Å². The van der Waals surface area contributed by atoms with Crippen LogP contribution >= 0.6 is 23.2 Å². The molecule has 0 saturated carbocycles. The van der Waals surface area contributed by atoms with Crippen molar-refractivity contribution in [1.82, 2.24) is 10.2 Å². The van der Waals surface area contributed by atoms with E-state index in [4.69, 9.17) is 27.9 Å². The zero-order valence-corrected chi connectivity index (χ0v) is 18.8. The second-order valence-corrected chi connectivity index (χ2v) is 8.29. The molecule has 3 amide bonds. The van der Waals surface area contributed by atoms with Gasteiger partial charge in [-0.3, -0.25) is 9.69 Å². The fraction of sp³-hybridized carbons (Fsp3) is 0.120. The van der Waals surface area contributed by atoms with Gasteiger partial charge >= 0.3 is 6.03 Å². The summed E-state index contributed by atoms with van der Waals surface area (Å²) in [7, 11) is 0. The van der Waals surface area contributed by atoms with Gasteiger partial charge in [-0.25, -0.2) is 4.79 Å². The van der Waals surface area contributed by atoms with Crippen molar-refractivity contribution in [3.8, 4) is 5.75 Å². The van der Waals surface area contributed by atoms with E-state index in [1.807, 2.05) is 49.4 Å². The average Bonchev–Trinajstić information content (AvgIpc) is 3.04. The van der Waals surface area contributed by atoms with Crippen LogP contribution in [0.2, 0.25) is 10.0 Å². The van der Waals surface area contributed by atoms with Crippen molar-refractivity contribution in [2.24, 2.45) is 0 Å². The lowest BCUT2D eigenvalue weighted by atomic mass is 10.1. The van der Waals surface area contributed by atoms with E-state index in [1.165, 1.54) is 4.90 Å². The van der Waals surface area contributed by atoms with E-state index in [1.54, 1.807) is 30.3 Å². The highest BCUT2D eigenvalue weighted by Crippen LogP contribution is 2.24. The number of carbonyl (C=O) groups is 2. The molecule has 5 nitrogen and oxygen atoms in total. The zero-order valence-electron chi connectivity index (χ0n) is 17.3. The standard InChI is InChI=1S/C25H20Cl2N2O3/c1-16-2-4-18(5-3-16)14-29-24(30)23(28-25(29)31)13-17-6-9-20(10-7-17)32-15-19-8-11-21(26)22(27)12-19/h2-13H,14-15H2,1H3,(H,28,31)/b23-13+. The first-order valence-electron chi connectivity index (χ1n) is 9.96. The predicted octanol–water partition coefficient (Wildman–Crippen LogP) is 5.97. The third-order valence-electron chi connectivity index (χ3n) is 5.00. The quantitative estimate of drug-likeness (QED) is 0.359. The van der Waals surface area contributed by atoms with E-state index in [0.717, 1.165) is 22.3 Å². The number of amides is 3. The van der Waals surface area contributed by atoms with Crippen LogP contribution in [0.15, 0.2) is 72.4 Å². The number of hydrogen-bond acceptors (Lipinski definition) is 3. The van der Waals surface area contributed by atoms with Crippen LogP contribution in [0.3, 0.4) is 0 Å². The van der Waals surface area contributed by atoms with Gasteiger partial charge in [0.15, 0.2) is 0 Å². The van der Waals surface area contributed by atoms with E-state index in [0.29, 0.717) is 22.4 Å². The van der Waals surface area contributed by atoms with Gasteiger partial charge in [-0.1, -0.05) is 71.2 Å². The number of imide groups is 1. The van der Waals surface area contributed by atoms with Crippen molar-refractivity contribution in [2.45, 2.75) is 20.1 Å². The molecule has 1 heterocycles. The van der Waals surface area contributed by atoms with Crippen LogP contribution in [0.25, 0.3) is 6.08 Å². The fourth-order valence-electron chi connectivity index (χ4n) is 3.21. The Balaban J connectivity index is 1.40. The van der Waals surface area contributed by atoms with Crippen molar-refractivity contribution in [2.75, 3.05) is 0 Å². The second kappa shape index (κ2) is 9.47. The SMILES string of the molecule is Cc1ccc(CN2C(=O)N/C(=C/c3ccc(OCc4ccc(Cl)c(Cl)c4)cc3)C2=O)cc1. The van der Waals surface area contributed by atoms with Crippen LogP contribution in [-0.4, -0.2) is 16.8 Å². The number of ether oxygens (including phenoxy) is 1. The molecule has 3 aromatic rings. The molecular weight excluding hydrogens is 447 g/mol. The summed E-state index contributed by atoms with van der Waals surface area (Å²) >= 11 is 12.0. The maximum atomic E-state index is 12.7. The molecule has 1 aliphatic heterocycles. The number of halogens is 2. The molecule has 3 aromatic carbocycles. The summed E-state index contributed by atoms with van der Waals surface area (Å²) < 4.78 is 5.77. The predicted molar refractivity (Wildman–Crippen MR) is 125 cm³/mol. The normalized spacial score (nSPS) is 14.7. The van der Waals surface area contributed by atoms with E-state index in [9.17, 15) is 9.59 Å². The lowest BCUT2D eigenvalue weighted by Gasteiger charge is -2.11. The Morgan fingerprint density at radius 2 is 1.59 bits per heavy atom. The first-order chi connectivity index (χ1) is 15.4. The molecular formula is C25H20Cl2N2O3. The molecule has 0 atom stereocenters. The number of nitrogens with zero attached hydrogens (tertiary/aromatic N) is 1. The van der Waals surface area contributed by atoms with Gasteiger partial charge in [-0.2, -0.15) is 0 Å². The summed E-state index contributed by atoms with van der Waals surface area (Å²) in [5.74, 6) is 0.316. The highest BCUT2D eigenvalue weighted by molar-refractivity contribution is 6.42. The van der Waals surface area contributed by atoms with Crippen molar-refractivity contribution in [1.29, 1.82) is 0 Å². The maximum Gasteiger partial charge on any atom is 0.329 e. The molecule has 1 saturated heterocycles. The van der Waals surface area contributed by atoms with E-state index < -0.39 is 6.03 Å². The topological polar surface area (TPSA) is 58.6 Å². The maximum absolute atomic E-state index is 12.7. The van der Waals surface area contributed by atoms with Crippen molar-refractivity contribution < 1.29 is 14.3 Å². The molecule has 7 heteroatoms. The third-order valence-corrected chi connectivity index (χ3v) is 5.74. The Bertz CT molecular complexity index is 1190. The summed E-state index contributed by atoms with van der Waals surface area (Å²) in [4.78, 5) is 26.2. The fourth-order valence-corrected chi connectivity index (χ4v) is 3.53. The number of carbonyl (C=O) groups excluding carboxylic acids is 2. The molecule has 0 unspecified atom stereocenters. The van der Waals surface area contributed by atoms with Crippen LogP contribution in [0.4, 0.5) is 4.79 Å². The lowest BCUT2D eigenvalue weighted by molar-refractivity contribution is -0.123. The summed E-state index contributed by atoms with van der Waals surface area (Å²) in [6.07, 6.45) is 1.65. The van der Waals surface area contributed by atoms with Gasteiger partial charge in [0.05, 0.1) is 16.6 Å². The molecule has 0 radical (unpaired) electrons. The highest BCUT2D eigenvalue weighted by Gasteiger charge is 2.33. The average molecular weight is 467 g/mol. The van der Waals surface area contributed by atoms with Crippen LogP contribution < -0.4 is 10.1 Å². The van der Waals surface area contributed by atoms with Gasteiger partial charge in [0.1, 0.15) is 18.1 Å². The third kappa shape index (κ3) is 5.13. The van der Waals surface area contributed by atoms with Crippen molar-refractivity contribution in [3.63, 3.8) is 0 Å². The molecule has 4 rings (SSSR count). The summed E-state index contributed by atoms with van der Waals surface area (Å²) in [5, 5.41) is 3.63. The minimum atomic E-state index is -0.427. The van der Waals surface area contributed by atoms with Crippen LogP contribution in [-0.2, 0) is 17.9 Å². The number of nitrogens with one attached hydrogen (secondary N) is 1. The number of aryl methyl sites for hydroxylation is 1. The largest absolute Gasteiger partial charge is 0.489 e. The van der Waals surface area contributed by atoms with Crippen LogP contribution in [0.5, 0.6) is 5.75 Å². The van der Waals surface area contributed by atoms with Gasteiger partial charge in [-0.15, -0.1) is 0 Å². The summed E-state index contributed by atoms with van der Waals surface area (Å²) in [6.45, 7) is 2.56. The van der Waals surface area contributed by atoms with Gasteiger partial charge in [0.25, 0.3) is 5.91 Å². The number of benzene rings is 3. The van der Waals surface area contributed by atoms with Crippen molar-refractivity contribution in [3.05, 3.63) is 105 Å². The summed E-state index contributed by atoms with van der Waals surface area (Å²) in [6, 6.07) is 19.9. The summed E-state index contributed by atoms with van der Waals surface area (Å²) in [5.41, 5.74) is 3.93. The Morgan fingerprint density at radius 3 is 2.28 bits per heavy atom. The van der Waals surface area contributed by atoms with Gasteiger partial charge < -0.3 is 10.1 Å². The smallest absolute Gasteiger partial charge is 0.329 e. The molecule has 0 aromatic heterocycles. The van der Waals surface area contributed by atoms with E-state index in [-0.39, 0.29) is 18.1 Å². The zero-order chi connectivity index (χ0) is 22.7. The minimum absolute atomic E-state index is 0.226. The van der Waals surface area contributed by atoms with Crippen LogP contribution in [0.1, 0.15) is 22.3 Å². The Morgan fingerprint density at radius 1 is 0.906 bits per heavy atom. The number of rotatable bonds is 6.